The van der Waals surface area contributed by atoms with Crippen LogP contribution >= 0.6 is 11.6 Å². The monoisotopic (exact) mass is 239 g/mol. The summed E-state index contributed by atoms with van der Waals surface area (Å²) in [4.78, 5) is 0. The van der Waals surface area contributed by atoms with Gasteiger partial charge in [0.05, 0.1) is 23.4 Å². The van der Waals surface area contributed by atoms with Crippen molar-refractivity contribution in [1.29, 1.82) is 0 Å². The SMILES string of the molecule is COc1c(O)ccc(Cl)c1-c1cc(N)n[nH]1. The Morgan fingerprint density at radius 2 is 2.25 bits per heavy atom. The fraction of sp³-hybridized carbons (Fsp3) is 0.100. The summed E-state index contributed by atoms with van der Waals surface area (Å²) >= 11 is 6.04. The molecule has 0 aliphatic heterocycles. The van der Waals surface area contributed by atoms with E-state index >= 15 is 0 Å². The number of phenols is 1. The number of nitrogens with zero attached hydrogens (tertiary/aromatic N) is 1. The molecule has 1 heterocycles. The number of anilines is 1. The second-order valence-corrected chi connectivity index (χ2v) is 3.59. The number of nitrogens with one attached hydrogen (secondary N) is 1. The van der Waals surface area contributed by atoms with Crippen LogP contribution in [0.4, 0.5) is 5.82 Å². The molecule has 0 saturated heterocycles. The predicted molar refractivity (Wildman–Crippen MR) is 61.7 cm³/mol. The van der Waals surface area contributed by atoms with Gasteiger partial charge in [-0.25, -0.2) is 0 Å². The number of hydrogen-bond donors (Lipinski definition) is 3. The summed E-state index contributed by atoms with van der Waals surface area (Å²) in [6.45, 7) is 0. The van der Waals surface area contributed by atoms with E-state index in [9.17, 15) is 5.11 Å². The Labute approximate surface area is 96.8 Å². The normalized spacial score (nSPS) is 10.4. The van der Waals surface area contributed by atoms with Gasteiger partial charge < -0.3 is 15.6 Å². The molecule has 0 aliphatic carbocycles. The van der Waals surface area contributed by atoms with Crippen molar-refractivity contribution in [3.8, 4) is 22.8 Å². The number of nitrogens with two attached hydrogens (primary N) is 1. The highest BCUT2D eigenvalue weighted by molar-refractivity contribution is 6.33. The van der Waals surface area contributed by atoms with Gasteiger partial charge in [-0.2, -0.15) is 5.10 Å². The van der Waals surface area contributed by atoms with E-state index in [0.29, 0.717) is 22.1 Å². The summed E-state index contributed by atoms with van der Waals surface area (Å²) < 4.78 is 5.10. The molecule has 0 unspecified atom stereocenters. The van der Waals surface area contributed by atoms with Gasteiger partial charge in [0.1, 0.15) is 5.82 Å². The number of phenolic OH excluding ortho intramolecular Hbond substituents is 1. The lowest BCUT2D eigenvalue weighted by Crippen LogP contribution is -1.90. The number of ether oxygens (including phenoxy) is 1. The zero-order chi connectivity index (χ0) is 11.7. The molecule has 1 aromatic carbocycles. The Hall–Kier alpha value is -1.88. The van der Waals surface area contributed by atoms with Gasteiger partial charge in [0.25, 0.3) is 0 Å². The van der Waals surface area contributed by atoms with Crippen molar-refractivity contribution in [3.63, 3.8) is 0 Å². The molecule has 1 aromatic heterocycles. The van der Waals surface area contributed by atoms with Crippen LogP contribution in [0.15, 0.2) is 18.2 Å². The molecule has 0 radical (unpaired) electrons. The van der Waals surface area contributed by atoms with Crippen molar-refractivity contribution in [3.05, 3.63) is 23.2 Å². The second-order valence-electron chi connectivity index (χ2n) is 3.18. The lowest BCUT2D eigenvalue weighted by Gasteiger charge is -2.10. The number of halogens is 1. The maximum absolute atomic E-state index is 9.63. The summed E-state index contributed by atoms with van der Waals surface area (Å²) in [5.41, 5.74) is 6.64. The minimum atomic E-state index is 0.00933. The van der Waals surface area contributed by atoms with Crippen LogP contribution in [0, 0.1) is 0 Å². The number of aromatic nitrogens is 2. The molecule has 0 fully saturated rings. The van der Waals surface area contributed by atoms with E-state index < -0.39 is 0 Å². The number of aromatic amines is 1. The van der Waals surface area contributed by atoms with Crippen LogP contribution in [-0.2, 0) is 0 Å². The predicted octanol–water partition coefficient (Wildman–Crippen LogP) is 2.03. The largest absolute Gasteiger partial charge is 0.504 e. The summed E-state index contributed by atoms with van der Waals surface area (Å²) in [5, 5.41) is 16.6. The first-order valence-corrected chi connectivity index (χ1v) is 4.88. The molecule has 0 saturated carbocycles. The van der Waals surface area contributed by atoms with Crippen molar-refractivity contribution < 1.29 is 9.84 Å². The van der Waals surface area contributed by atoms with E-state index in [1.54, 1.807) is 12.1 Å². The van der Waals surface area contributed by atoms with Crippen LogP contribution in [0.2, 0.25) is 5.02 Å². The Morgan fingerprint density at radius 3 is 2.81 bits per heavy atom. The Kier molecular flexibility index (Phi) is 2.62. The lowest BCUT2D eigenvalue weighted by atomic mass is 10.1. The number of benzene rings is 1. The standard InChI is InChI=1S/C10H10ClN3O2/c1-16-10-7(15)3-2-5(11)9(10)6-4-8(12)14-13-6/h2-4,15H,1H3,(H3,12,13,14). The average molecular weight is 240 g/mol. The number of nitrogen functional groups attached to an aromatic ring is 1. The molecule has 2 aromatic rings. The molecule has 0 atom stereocenters. The minimum Gasteiger partial charge on any atom is -0.504 e. The highest BCUT2D eigenvalue weighted by Gasteiger charge is 2.16. The molecular weight excluding hydrogens is 230 g/mol. The lowest BCUT2D eigenvalue weighted by molar-refractivity contribution is 0.375. The molecule has 0 bridgehead atoms. The molecule has 2 rings (SSSR count). The second kappa shape index (κ2) is 3.94. The Morgan fingerprint density at radius 1 is 1.50 bits per heavy atom. The summed E-state index contributed by atoms with van der Waals surface area (Å²) in [6, 6.07) is 4.65. The van der Waals surface area contributed by atoms with Crippen LogP contribution in [0.1, 0.15) is 0 Å². The van der Waals surface area contributed by atoms with Gasteiger partial charge in [0.15, 0.2) is 11.5 Å². The highest BCUT2D eigenvalue weighted by atomic mass is 35.5. The van der Waals surface area contributed by atoms with Crippen molar-refractivity contribution >= 4 is 17.4 Å². The quantitative estimate of drug-likeness (QED) is 0.749. The Balaban J connectivity index is 2.67. The molecular formula is C10H10ClN3O2. The molecule has 5 nitrogen and oxygen atoms in total. The number of rotatable bonds is 2. The van der Waals surface area contributed by atoms with Gasteiger partial charge >= 0.3 is 0 Å². The third kappa shape index (κ3) is 1.65. The van der Waals surface area contributed by atoms with Crippen molar-refractivity contribution in [2.75, 3.05) is 12.8 Å². The third-order valence-electron chi connectivity index (χ3n) is 2.16. The number of methoxy groups -OCH3 is 1. The van der Waals surface area contributed by atoms with Gasteiger partial charge in [0, 0.05) is 6.07 Å². The molecule has 4 N–H and O–H groups in total. The zero-order valence-corrected chi connectivity index (χ0v) is 9.25. The van der Waals surface area contributed by atoms with E-state index in [1.165, 1.54) is 13.2 Å². The maximum atomic E-state index is 9.63. The first kappa shape index (κ1) is 10.6. The van der Waals surface area contributed by atoms with Gasteiger partial charge in [-0.05, 0) is 12.1 Å². The Bertz CT molecular complexity index is 525. The third-order valence-corrected chi connectivity index (χ3v) is 2.47. The molecule has 84 valence electrons. The first-order valence-electron chi connectivity index (χ1n) is 4.50. The molecule has 0 spiro atoms. The topological polar surface area (TPSA) is 84.2 Å². The van der Waals surface area contributed by atoms with Crippen LogP contribution < -0.4 is 10.5 Å². The van der Waals surface area contributed by atoms with Crippen LogP contribution in [0.25, 0.3) is 11.3 Å². The van der Waals surface area contributed by atoms with Crippen molar-refractivity contribution in [1.82, 2.24) is 10.2 Å². The molecule has 0 aliphatic rings. The van der Waals surface area contributed by atoms with Crippen LogP contribution in [-0.4, -0.2) is 22.4 Å². The van der Waals surface area contributed by atoms with E-state index in [1.807, 2.05) is 0 Å². The van der Waals surface area contributed by atoms with E-state index in [-0.39, 0.29) is 11.5 Å². The summed E-state index contributed by atoms with van der Waals surface area (Å²) in [5.74, 6) is 0.641. The van der Waals surface area contributed by atoms with Gasteiger partial charge in [-0.15, -0.1) is 0 Å². The zero-order valence-electron chi connectivity index (χ0n) is 8.49. The number of aromatic hydroxyl groups is 1. The van der Waals surface area contributed by atoms with Crippen molar-refractivity contribution in [2.45, 2.75) is 0 Å². The fourth-order valence-electron chi connectivity index (χ4n) is 1.47. The molecule has 0 amide bonds. The summed E-state index contributed by atoms with van der Waals surface area (Å²) in [7, 11) is 1.45. The van der Waals surface area contributed by atoms with E-state index in [4.69, 9.17) is 22.1 Å². The fourth-order valence-corrected chi connectivity index (χ4v) is 1.72. The van der Waals surface area contributed by atoms with E-state index in [2.05, 4.69) is 10.2 Å². The maximum Gasteiger partial charge on any atom is 0.171 e. The average Bonchev–Trinajstić information content (AvgIpc) is 2.67. The van der Waals surface area contributed by atoms with E-state index in [0.717, 1.165) is 0 Å². The number of H-pyrrole nitrogens is 1. The molecule has 6 heteroatoms. The van der Waals surface area contributed by atoms with Crippen LogP contribution in [0.5, 0.6) is 11.5 Å². The van der Waals surface area contributed by atoms with Gasteiger partial charge in [0.2, 0.25) is 0 Å². The molecule has 16 heavy (non-hydrogen) atoms. The first-order chi connectivity index (χ1) is 7.63. The highest BCUT2D eigenvalue weighted by Crippen LogP contribution is 2.41. The smallest absolute Gasteiger partial charge is 0.171 e. The number of hydrogen-bond acceptors (Lipinski definition) is 4. The van der Waals surface area contributed by atoms with Crippen molar-refractivity contribution in [2.24, 2.45) is 0 Å². The minimum absolute atomic E-state index is 0.00933. The summed E-state index contributed by atoms with van der Waals surface area (Å²) in [6.07, 6.45) is 0. The van der Waals surface area contributed by atoms with Crippen LogP contribution in [0.3, 0.4) is 0 Å². The van der Waals surface area contributed by atoms with Gasteiger partial charge in [-0.3, -0.25) is 5.10 Å². The van der Waals surface area contributed by atoms with Gasteiger partial charge in [-0.1, -0.05) is 11.6 Å².